The van der Waals surface area contributed by atoms with Crippen LogP contribution in [-0.2, 0) is 4.79 Å². The summed E-state index contributed by atoms with van der Waals surface area (Å²) in [7, 11) is 0. The van der Waals surface area contributed by atoms with Gasteiger partial charge in [0.1, 0.15) is 5.75 Å². The van der Waals surface area contributed by atoms with Crippen molar-refractivity contribution in [2.45, 2.75) is 18.8 Å². The van der Waals surface area contributed by atoms with Crippen LogP contribution in [0.4, 0.5) is 10.1 Å². The van der Waals surface area contributed by atoms with Crippen LogP contribution in [0.2, 0.25) is 0 Å². The van der Waals surface area contributed by atoms with E-state index < -0.39 is 5.95 Å². The molecule has 2 aliphatic heterocycles. The summed E-state index contributed by atoms with van der Waals surface area (Å²) in [6, 6.07) is 18.5. The number of likely N-dealkylation sites (tertiary alicyclic amines) is 1. The van der Waals surface area contributed by atoms with Crippen molar-refractivity contribution in [3.8, 4) is 5.75 Å². The third-order valence-corrected chi connectivity index (χ3v) is 6.43. The SMILES string of the molecule is O=C1COc2ccc(C(=O)N3CCC([C@@H](c4ccccc4)c4ccc(F)nc4)CC3)cc2N1. The highest BCUT2D eigenvalue weighted by atomic mass is 19.1. The number of hydrogen-bond donors (Lipinski definition) is 1. The van der Waals surface area contributed by atoms with Gasteiger partial charge in [-0.25, -0.2) is 4.98 Å². The lowest BCUT2D eigenvalue weighted by Crippen LogP contribution is -2.40. The molecule has 1 saturated heterocycles. The van der Waals surface area contributed by atoms with Crippen LogP contribution in [0.15, 0.2) is 66.9 Å². The summed E-state index contributed by atoms with van der Waals surface area (Å²) in [5, 5.41) is 2.75. The van der Waals surface area contributed by atoms with Crippen molar-refractivity contribution in [1.29, 1.82) is 0 Å². The second-order valence-corrected chi connectivity index (χ2v) is 8.48. The van der Waals surface area contributed by atoms with E-state index in [9.17, 15) is 14.0 Å². The molecular formula is C26H24FN3O3. The number of hydrogen-bond acceptors (Lipinski definition) is 4. The highest BCUT2D eigenvalue weighted by Gasteiger charge is 2.31. The summed E-state index contributed by atoms with van der Waals surface area (Å²) in [5.41, 5.74) is 3.21. The first kappa shape index (κ1) is 21.1. The van der Waals surface area contributed by atoms with E-state index in [0.717, 1.165) is 18.4 Å². The number of nitrogens with zero attached hydrogens (tertiary/aromatic N) is 2. The van der Waals surface area contributed by atoms with E-state index in [1.54, 1.807) is 30.5 Å². The molecule has 0 bridgehead atoms. The smallest absolute Gasteiger partial charge is 0.262 e. The number of nitrogens with one attached hydrogen (secondary N) is 1. The van der Waals surface area contributed by atoms with E-state index in [2.05, 4.69) is 22.4 Å². The molecule has 1 aromatic heterocycles. The van der Waals surface area contributed by atoms with Crippen LogP contribution in [0, 0.1) is 11.9 Å². The number of carbonyl (C=O) groups excluding carboxylic acids is 2. The monoisotopic (exact) mass is 445 g/mol. The molecule has 2 aliphatic rings. The number of halogens is 1. The van der Waals surface area contributed by atoms with Crippen LogP contribution in [0.1, 0.15) is 40.2 Å². The lowest BCUT2D eigenvalue weighted by Gasteiger charge is -2.36. The van der Waals surface area contributed by atoms with Crippen molar-refractivity contribution in [2.75, 3.05) is 25.0 Å². The minimum Gasteiger partial charge on any atom is -0.482 e. The van der Waals surface area contributed by atoms with E-state index in [1.165, 1.54) is 11.6 Å². The van der Waals surface area contributed by atoms with E-state index in [4.69, 9.17) is 4.74 Å². The lowest BCUT2D eigenvalue weighted by atomic mass is 9.76. The molecule has 33 heavy (non-hydrogen) atoms. The van der Waals surface area contributed by atoms with Crippen LogP contribution in [0.25, 0.3) is 0 Å². The number of benzene rings is 2. The number of piperidine rings is 1. The Bertz CT molecular complexity index is 1160. The molecule has 3 aromatic rings. The predicted octanol–water partition coefficient (Wildman–Crippen LogP) is 4.24. The number of ether oxygens (including phenoxy) is 1. The Labute approximate surface area is 191 Å². The molecule has 0 unspecified atom stereocenters. The Kier molecular flexibility index (Phi) is 5.77. The highest BCUT2D eigenvalue weighted by Crippen LogP contribution is 2.38. The summed E-state index contributed by atoms with van der Waals surface area (Å²) in [6.07, 6.45) is 3.27. The molecule has 5 rings (SSSR count). The maximum absolute atomic E-state index is 13.4. The van der Waals surface area contributed by atoms with Gasteiger partial charge in [-0.3, -0.25) is 9.59 Å². The Morgan fingerprint density at radius 1 is 1.06 bits per heavy atom. The van der Waals surface area contributed by atoms with Crippen molar-refractivity contribution < 1.29 is 18.7 Å². The predicted molar refractivity (Wildman–Crippen MR) is 122 cm³/mol. The highest BCUT2D eigenvalue weighted by molar-refractivity contribution is 5.99. The van der Waals surface area contributed by atoms with Crippen molar-refractivity contribution in [3.63, 3.8) is 0 Å². The van der Waals surface area contributed by atoms with Gasteiger partial charge in [0.25, 0.3) is 11.8 Å². The molecule has 6 nitrogen and oxygen atoms in total. The van der Waals surface area contributed by atoms with Crippen LogP contribution < -0.4 is 10.1 Å². The van der Waals surface area contributed by atoms with Gasteiger partial charge in [0.05, 0.1) is 5.69 Å². The Morgan fingerprint density at radius 2 is 1.85 bits per heavy atom. The first-order chi connectivity index (χ1) is 16.1. The van der Waals surface area contributed by atoms with E-state index >= 15 is 0 Å². The Hall–Kier alpha value is -3.74. The van der Waals surface area contributed by atoms with Gasteiger partial charge in [0.15, 0.2) is 6.61 Å². The van der Waals surface area contributed by atoms with Gasteiger partial charge in [-0.1, -0.05) is 36.4 Å². The standard InChI is InChI=1S/C26H24FN3O3/c27-23-9-7-20(15-28-23)25(17-4-2-1-3-5-17)18-10-12-30(13-11-18)26(32)19-6-8-22-21(14-19)29-24(31)16-33-22/h1-9,14-15,18,25H,10-13,16H2,(H,29,31)/t25-/m1/s1. The number of carbonyl (C=O) groups is 2. The Morgan fingerprint density at radius 3 is 2.58 bits per heavy atom. The van der Waals surface area contributed by atoms with Crippen molar-refractivity contribution in [3.05, 3.63) is 89.5 Å². The van der Waals surface area contributed by atoms with Crippen molar-refractivity contribution in [1.82, 2.24) is 9.88 Å². The van der Waals surface area contributed by atoms with Crippen LogP contribution in [0.3, 0.4) is 0 Å². The fraction of sp³-hybridized carbons (Fsp3) is 0.269. The molecule has 1 N–H and O–H groups in total. The number of aromatic nitrogens is 1. The number of amides is 2. The molecule has 0 spiro atoms. The molecule has 1 fully saturated rings. The molecule has 2 aromatic carbocycles. The number of anilines is 1. The summed E-state index contributed by atoms with van der Waals surface area (Å²) in [6.45, 7) is 1.24. The topological polar surface area (TPSA) is 71.5 Å². The lowest BCUT2D eigenvalue weighted by molar-refractivity contribution is -0.118. The zero-order valence-corrected chi connectivity index (χ0v) is 18.0. The number of pyridine rings is 1. The molecule has 7 heteroatoms. The molecule has 2 amide bonds. The van der Waals surface area contributed by atoms with Gasteiger partial charge in [-0.15, -0.1) is 0 Å². The molecule has 0 aliphatic carbocycles. The summed E-state index contributed by atoms with van der Waals surface area (Å²) in [4.78, 5) is 30.5. The van der Waals surface area contributed by atoms with Gasteiger partial charge in [-0.2, -0.15) is 4.39 Å². The fourth-order valence-electron chi connectivity index (χ4n) is 4.80. The van der Waals surface area contributed by atoms with E-state index in [1.807, 2.05) is 23.1 Å². The quantitative estimate of drug-likeness (QED) is 0.610. The zero-order chi connectivity index (χ0) is 22.8. The van der Waals surface area contributed by atoms with Crippen molar-refractivity contribution in [2.24, 2.45) is 5.92 Å². The molecule has 3 heterocycles. The molecule has 0 radical (unpaired) electrons. The summed E-state index contributed by atoms with van der Waals surface area (Å²) >= 11 is 0. The van der Waals surface area contributed by atoms with Crippen molar-refractivity contribution >= 4 is 17.5 Å². The van der Waals surface area contributed by atoms with Gasteiger partial charge in [0, 0.05) is 30.8 Å². The average Bonchev–Trinajstić information content (AvgIpc) is 2.85. The normalized spacial score (nSPS) is 17.0. The number of fused-ring (bicyclic) bond motifs is 1. The van der Waals surface area contributed by atoms with Crippen LogP contribution >= 0.6 is 0 Å². The summed E-state index contributed by atoms with van der Waals surface area (Å²) in [5.74, 6) is 0.194. The molecular weight excluding hydrogens is 421 g/mol. The number of rotatable bonds is 4. The third-order valence-electron chi connectivity index (χ3n) is 6.43. The van der Waals surface area contributed by atoms with Gasteiger partial charge in [-0.05, 0) is 54.2 Å². The molecule has 0 saturated carbocycles. The first-order valence-corrected chi connectivity index (χ1v) is 11.1. The largest absolute Gasteiger partial charge is 0.482 e. The minimum atomic E-state index is -0.488. The first-order valence-electron chi connectivity index (χ1n) is 11.1. The van der Waals surface area contributed by atoms with Crippen LogP contribution in [-0.4, -0.2) is 41.4 Å². The molecule has 1 atom stereocenters. The van der Waals surface area contributed by atoms with Gasteiger partial charge >= 0.3 is 0 Å². The minimum absolute atomic E-state index is 0.0139. The van der Waals surface area contributed by atoms with Gasteiger partial charge < -0.3 is 15.0 Å². The fourth-order valence-corrected chi connectivity index (χ4v) is 4.80. The maximum atomic E-state index is 13.4. The second-order valence-electron chi connectivity index (χ2n) is 8.48. The second kappa shape index (κ2) is 9.02. The maximum Gasteiger partial charge on any atom is 0.262 e. The summed E-state index contributed by atoms with van der Waals surface area (Å²) < 4.78 is 18.8. The molecule has 168 valence electrons. The average molecular weight is 445 g/mol. The van der Waals surface area contributed by atoms with Gasteiger partial charge in [0.2, 0.25) is 5.95 Å². The van der Waals surface area contributed by atoms with Crippen LogP contribution in [0.5, 0.6) is 5.75 Å². The van der Waals surface area contributed by atoms with E-state index in [-0.39, 0.29) is 24.3 Å². The third kappa shape index (κ3) is 4.44. The zero-order valence-electron chi connectivity index (χ0n) is 18.0. The van der Waals surface area contributed by atoms with E-state index in [0.29, 0.717) is 36.0 Å². The Balaban J connectivity index is 1.32.